The van der Waals surface area contributed by atoms with Gasteiger partial charge in [0.05, 0.1) is 0 Å². The van der Waals surface area contributed by atoms with E-state index in [0.717, 1.165) is 25.1 Å². The zero-order valence-electron chi connectivity index (χ0n) is 12.4. The number of amides is 1. The molecule has 4 heteroatoms. The van der Waals surface area contributed by atoms with Crippen molar-refractivity contribution >= 4 is 23.6 Å². The minimum atomic E-state index is -0.0383. The van der Waals surface area contributed by atoms with Crippen LogP contribution in [-0.4, -0.2) is 37.0 Å². The van der Waals surface area contributed by atoms with E-state index in [0.29, 0.717) is 5.02 Å². The first-order chi connectivity index (χ1) is 10.2. The number of likely N-dealkylation sites (tertiary alicyclic amines) is 1. The summed E-state index contributed by atoms with van der Waals surface area (Å²) >= 11 is 5.82. The minimum Gasteiger partial charge on any atom is -0.353 e. The first kappa shape index (κ1) is 16.1. The third-order valence-electron chi connectivity index (χ3n) is 3.70. The average Bonchev–Trinajstić information content (AvgIpc) is 2.52. The van der Waals surface area contributed by atoms with Crippen LogP contribution >= 0.6 is 11.6 Å². The Morgan fingerprint density at radius 2 is 1.90 bits per heavy atom. The van der Waals surface area contributed by atoms with Gasteiger partial charge in [0, 0.05) is 17.6 Å². The molecule has 1 aromatic rings. The monoisotopic (exact) mass is 306 g/mol. The lowest BCUT2D eigenvalue weighted by atomic mass is 10.1. The highest BCUT2D eigenvalue weighted by Crippen LogP contribution is 2.10. The largest absolute Gasteiger partial charge is 0.353 e. The predicted molar refractivity (Wildman–Crippen MR) is 88.4 cm³/mol. The molecule has 1 aliphatic rings. The second-order valence-corrected chi connectivity index (χ2v) is 5.87. The molecule has 1 aromatic carbocycles. The molecule has 1 aliphatic heterocycles. The van der Waals surface area contributed by atoms with Gasteiger partial charge >= 0.3 is 0 Å². The van der Waals surface area contributed by atoms with Crippen molar-refractivity contribution in [2.45, 2.75) is 25.7 Å². The molecule has 0 saturated carbocycles. The SMILES string of the molecule is O=C(/C=C/c1ccc(Cl)cc1)NCCCN1CCCCC1. The predicted octanol–water partition coefficient (Wildman–Crippen LogP) is 3.35. The summed E-state index contributed by atoms with van der Waals surface area (Å²) in [6.07, 6.45) is 8.38. The fourth-order valence-corrected chi connectivity index (χ4v) is 2.63. The molecule has 21 heavy (non-hydrogen) atoms. The number of benzene rings is 1. The van der Waals surface area contributed by atoms with E-state index in [-0.39, 0.29) is 5.91 Å². The molecule has 3 nitrogen and oxygen atoms in total. The van der Waals surface area contributed by atoms with Crippen LogP contribution < -0.4 is 5.32 Å². The third-order valence-corrected chi connectivity index (χ3v) is 3.95. The van der Waals surface area contributed by atoms with Gasteiger partial charge in [-0.15, -0.1) is 0 Å². The zero-order chi connectivity index (χ0) is 14.9. The van der Waals surface area contributed by atoms with Crippen LogP contribution in [0.1, 0.15) is 31.2 Å². The highest BCUT2D eigenvalue weighted by atomic mass is 35.5. The molecule has 1 amide bonds. The lowest BCUT2D eigenvalue weighted by Gasteiger charge is -2.26. The van der Waals surface area contributed by atoms with Gasteiger partial charge in [-0.3, -0.25) is 4.79 Å². The molecular formula is C17H23ClN2O. The van der Waals surface area contributed by atoms with Gasteiger partial charge in [-0.2, -0.15) is 0 Å². The Balaban J connectivity index is 1.61. The molecule has 1 N–H and O–H groups in total. The molecule has 0 aliphatic carbocycles. The summed E-state index contributed by atoms with van der Waals surface area (Å²) in [4.78, 5) is 14.2. The number of hydrogen-bond donors (Lipinski definition) is 1. The number of carbonyl (C=O) groups excluding carboxylic acids is 1. The lowest BCUT2D eigenvalue weighted by Crippen LogP contribution is -2.33. The quantitative estimate of drug-likeness (QED) is 0.646. The van der Waals surface area contributed by atoms with Gasteiger partial charge in [-0.25, -0.2) is 0 Å². The maximum atomic E-state index is 11.7. The fraction of sp³-hybridized carbons (Fsp3) is 0.471. The summed E-state index contributed by atoms with van der Waals surface area (Å²) in [7, 11) is 0. The van der Waals surface area contributed by atoms with Gasteiger partial charge < -0.3 is 10.2 Å². The summed E-state index contributed by atoms with van der Waals surface area (Å²) in [5, 5.41) is 3.63. The van der Waals surface area contributed by atoms with E-state index in [1.165, 1.54) is 32.4 Å². The molecule has 114 valence electrons. The van der Waals surface area contributed by atoms with Crippen molar-refractivity contribution in [3.63, 3.8) is 0 Å². The van der Waals surface area contributed by atoms with Gasteiger partial charge in [0.2, 0.25) is 5.91 Å². The van der Waals surface area contributed by atoms with Crippen molar-refractivity contribution < 1.29 is 4.79 Å². The summed E-state index contributed by atoms with van der Waals surface area (Å²) in [6.45, 7) is 4.25. The van der Waals surface area contributed by atoms with Crippen LogP contribution in [0.3, 0.4) is 0 Å². The standard InChI is InChI=1S/C17H23ClN2O/c18-16-8-5-15(6-9-16)7-10-17(21)19-11-4-14-20-12-2-1-3-13-20/h5-10H,1-4,11-14H2,(H,19,21)/b10-7+. The third kappa shape index (κ3) is 6.32. The Morgan fingerprint density at radius 1 is 1.19 bits per heavy atom. The Labute approximate surface area is 132 Å². The van der Waals surface area contributed by atoms with E-state index in [2.05, 4.69) is 10.2 Å². The van der Waals surface area contributed by atoms with Crippen LogP contribution in [0.25, 0.3) is 6.08 Å². The average molecular weight is 307 g/mol. The second-order valence-electron chi connectivity index (χ2n) is 5.43. The smallest absolute Gasteiger partial charge is 0.243 e. The van der Waals surface area contributed by atoms with Crippen molar-refractivity contribution in [1.82, 2.24) is 10.2 Å². The van der Waals surface area contributed by atoms with E-state index in [9.17, 15) is 4.79 Å². The van der Waals surface area contributed by atoms with Crippen molar-refractivity contribution in [3.05, 3.63) is 40.9 Å². The molecule has 0 unspecified atom stereocenters. The van der Waals surface area contributed by atoms with Crippen molar-refractivity contribution in [3.8, 4) is 0 Å². The van der Waals surface area contributed by atoms with Crippen LogP contribution in [0.4, 0.5) is 0 Å². The Kier molecular flexibility index (Phi) is 6.77. The van der Waals surface area contributed by atoms with Crippen molar-refractivity contribution in [1.29, 1.82) is 0 Å². The van der Waals surface area contributed by atoms with Gasteiger partial charge in [-0.1, -0.05) is 30.2 Å². The van der Waals surface area contributed by atoms with E-state index in [1.54, 1.807) is 12.2 Å². The molecule has 0 bridgehead atoms. The molecule has 0 radical (unpaired) electrons. The van der Waals surface area contributed by atoms with Gasteiger partial charge in [0.15, 0.2) is 0 Å². The summed E-state index contributed by atoms with van der Waals surface area (Å²) in [5.41, 5.74) is 0.975. The summed E-state index contributed by atoms with van der Waals surface area (Å²) in [5.74, 6) is -0.0383. The molecule has 1 fully saturated rings. The molecule has 1 saturated heterocycles. The van der Waals surface area contributed by atoms with Crippen LogP contribution in [0.15, 0.2) is 30.3 Å². The van der Waals surface area contributed by atoms with Crippen LogP contribution in [-0.2, 0) is 4.79 Å². The zero-order valence-corrected chi connectivity index (χ0v) is 13.1. The molecule has 0 aromatic heterocycles. The molecule has 0 atom stereocenters. The van der Waals surface area contributed by atoms with Crippen molar-refractivity contribution in [2.75, 3.05) is 26.2 Å². The molecular weight excluding hydrogens is 284 g/mol. The number of carbonyl (C=O) groups is 1. The van der Waals surface area contributed by atoms with E-state index in [1.807, 2.05) is 24.3 Å². The van der Waals surface area contributed by atoms with E-state index < -0.39 is 0 Å². The Hall–Kier alpha value is -1.32. The number of halogens is 1. The molecule has 2 rings (SSSR count). The molecule has 1 heterocycles. The van der Waals surface area contributed by atoms with Gasteiger partial charge in [0.1, 0.15) is 0 Å². The van der Waals surface area contributed by atoms with Crippen LogP contribution in [0.2, 0.25) is 5.02 Å². The number of hydrogen-bond acceptors (Lipinski definition) is 2. The number of piperidine rings is 1. The summed E-state index contributed by atoms with van der Waals surface area (Å²) in [6, 6.07) is 7.42. The molecule has 0 spiro atoms. The van der Waals surface area contributed by atoms with E-state index >= 15 is 0 Å². The van der Waals surface area contributed by atoms with Crippen LogP contribution in [0, 0.1) is 0 Å². The maximum absolute atomic E-state index is 11.7. The number of nitrogens with zero attached hydrogens (tertiary/aromatic N) is 1. The highest BCUT2D eigenvalue weighted by molar-refractivity contribution is 6.30. The fourth-order valence-electron chi connectivity index (χ4n) is 2.50. The van der Waals surface area contributed by atoms with E-state index in [4.69, 9.17) is 11.6 Å². The maximum Gasteiger partial charge on any atom is 0.243 e. The highest BCUT2D eigenvalue weighted by Gasteiger charge is 2.08. The number of nitrogens with one attached hydrogen (secondary N) is 1. The van der Waals surface area contributed by atoms with Crippen LogP contribution in [0.5, 0.6) is 0 Å². The Bertz CT molecular complexity index is 464. The first-order valence-electron chi connectivity index (χ1n) is 7.68. The normalized spacial score (nSPS) is 16.2. The summed E-state index contributed by atoms with van der Waals surface area (Å²) < 4.78 is 0. The number of rotatable bonds is 6. The topological polar surface area (TPSA) is 32.3 Å². The van der Waals surface area contributed by atoms with Crippen molar-refractivity contribution in [2.24, 2.45) is 0 Å². The first-order valence-corrected chi connectivity index (χ1v) is 8.06. The second kappa shape index (κ2) is 8.85. The van der Waals surface area contributed by atoms with Gasteiger partial charge in [-0.05, 0) is 62.7 Å². The van der Waals surface area contributed by atoms with Gasteiger partial charge in [0.25, 0.3) is 0 Å². The lowest BCUT2D eigenvalue weighted by molar-refractivity contribution is -0.116. The Morgan fingerprint density at radius 3 is 2.62 bits per heavy atom. The minimum absolute atomic E-state index is 0.0383.